The van der Waals surface area contributed by atoms with Gasteiger partial charge in [-0.15, -0.1) is 0 Å². The largest absolute Gasteiger partial charge is 0.389 e. The van der Waals surface area contributed by atoms with Crippen molar-refractivity contribution in [1.82, 2.24) is 4.90 Å². The molecule has 1 heterocycles. The highest BCUT2D eigenvalue weighted by Gasteiger charge is 2.34. The molecule has 1 fully saturated rings. The lowest BCUT2D eigenvalue weighted by molar-refractivity contribution is -0.152. The molecule has 0 saturated carbocycles. The number of carbonyl (C=O) groups excluding carboxylic acids is 1. The van der Waals surface area contributed by atoms with E-state index in [0.717, 1.165) is 0 Å². The van der Waals surface area contributed by atoms with Gasteiger partial charge in [-0.2, -0.15) is 13.2 Å². The van der Waals surface area contributed by atoms with Gasteiger partial charge in [0.15, 0.2) is 0 Å². The molecule has 88 valence electrons. The number of piperidine rings is 1. The number of carbonyl (C=O) groups is 1. The van der Waals surface area contributed by atoms with Gasteiger partial charge in [-0.1, -0.05) is 6.92 Å². The van der Waals surface area contributed by atoms with Gasteiger partial charge in [0.05, 0.1) is 0 Å². The summed E-state index contributed by atoms with van der Waals surface area (Å²) in [5.74, 6) is -0.448. The molecular weight excluding hydrogens is 207 g/mol. The van der Waals surface area contributed by atoms with Crippen molar-refractivity contribution >= 4 is 5.91 Å². The van der Waals surface area contributed by atoms with Crippen molar-refractivity contribution in [2.24, 2.45) is 5.92 Å². The summed E-state index contributed by atoms with van der Waals surface area (Å²) in [7, 11) is 0. The molecule has 0 unspecified atom stereocenters. The maximum Gasteiger partial charge on any atom is 0.389 e. The third kappa shape index (κ3) is 4.10. The van der Waals surface area contributed by atoms with E-state index >= 15 is 0 Å². The van der Waals surface area contributed by atoms with E-state index < -0.39 is 18.5 Å². The first-order valence-electron chi connectivity index (χ1n) is 5.27. The number of rotatable bonds is 2. The highest BCUT2D eigenvalue weighted by Crippen LogP contribution is 2.30. The third-order valence-corrected chi connectivity index (χ3v) is 2.69. The molecule has 1 amide bonds. The predicted molar refractivity (Wildman–Crippen MR) is 50.3 cm³/mol. The van der Waals surface area contributed by atoms with Crippen LogP contribution in [0.25, 0.3) is 0 Å². The maximum atomic E-state index is 12.1. The molecule has 0 bridgehead atoms. The highest BCUT2D eigenvalue weighted by molar-refractivity contribution is 5.75. The summed E-state index contributed by atoms with van der Waals surface area (Å²) in [5.41, 5.74) is 0. The first-order chi connectivity index (χ1) is 6.92. The highest BCUT2D eigenvalue weighted by atomic mass is 19.4. The molecule has 2 nitrogen and oxygen atoms in total. The zero-order valence-corrected chi connectivity index (χ0v) is 8.81. The first-order valence-corrected chi connectivity index (χ1v) is 5.27. The lowest BCUT2D eigenvalue weighted by Gasteiger charge is -2.33. The van der Waals surface area contributed by atoms with Crippen LogP contribution in [0.1, 0.15) is 32.6 Å². The van der Waals surface area contributed by atoms with Crippen molar-refractivity contribution in [2.75, 3.05) is 13.1 Å². The van der Waals surface area contributed by atoms with Crippen LogP contribution < -0.4 is 0 Å². The Kier molecular flexibility index (Phi) is 3.99. The van der Waals surface area contributed by atoms with Gasteiger partial charge in [-0.3, -0.25) is 4.79 Å². The summed E-state index contributed by atoms with van der Waals surface area (Å²) >= 11 is 0. The topological polar surface area (TPSA) is 20.3 Å². The van der Waals surface area contributed by atoms with Crippen LogP contribution in [0.4, 0.5) is 13.2 Å². The Bertz CT molecular complexity index is 227. The molecule has 0 aromatic carbocycles. The second kappa shape index (κ2) is 4.86. The normalized spacial score (nSPS) is 22.9. The van der Waals surface area contributed by atoms with Gasteiger partial charge in [0.1, 0.15) is 0 Å². The minimum absolute atomic E-state index is 0.0399. The Morgan fingerprint density at radius 2 is 2.13 bits per heavy atom. The van der Waals surface area contributed by atoms with E-state index in [1.165, 1.54) is 0 Å². The van der Waals surface area contributed by atoms with Crippen molar-refractivity contribution in [3.05, 3.63) is 0 Å². The number of alkyl halides is 3. The Labute approximate surface area is 87.4 Å². The van der Waals surface area contributed by atoms with E-state index in [-0.39, 0.29) is 12.5 Å². The summed E-state index contributed by atoms with van der Waals surface area (Å²) < 4.78 is 36.4. The maximum absolute atomic E-state index is 12.1. The minimum atomic E-state index is -4.11. The molecule has 1 saturated heterocycles. The Morgan fingerprint density at radius 3 is 2.67 bits per heavy atom. The van der Waals surface area contributed by atoms with Gasteiger partial charge >= 0.3 is 6.18 Å². The standard InChI is InChI=1S/C10H16F3NO/c1-2-9(15)14-5-3-4-8(7-14)6-10(11,12)13/h8H,2-7H2,1H3/t8-/m1/s1. The number of halogens is 3. The number of hydrogen-bond acceptors (Lipinski definition) is 1. The van der Waals surface area contributed by atoms with E-state index in [1.54, 1.807) is 11.8 Å². The van der Waals surface area contributed by atoms with Gasteiger partial charge < -0.3 is 4.90 Å². The second-order valence-electron chi connectivity index (χ2n) is 4.02. The van der Waals surface area contributed by atoms with Crippen LogP contribution in [0.2, 0.25) is 0 Å². The van der Waals surface area contributed by atoms with Crippen molar-refractivity contribution < 1.29 is 18.0 Å². The monoisotopic (exact) mass is 223 g/mol. The molecular formula is C10H16F3NO. The lowest BCUT2D eigenvalue weighted by Crippen LogP contribution is -2.40. The van der Waals surface area contributed by atoms with E-state index in [9.17, 15) is 18.0 Å². The van der Waals surface area contributed by atoms with Gasteiger partial charge in [-0.25, -0.2) is 0 Å². The van der Waals surface area contributed by atoms with E-state index in [1.807, 2.05) is 0 Å². The van der Waals surface area contributed by atoms with Crippen molar-refractivity contribution in [2.45, 2.75) is 38.8 Å². The van der Waals surface area contributed by atoms with Crippen LogP contribution in [0, 0.1) is 5.92 Å². The van der Waals surface area contributed by atoms with Crippen molar-refractivity contribution in [1.29, 1.82) is 0 Å². The molecule has 0 aliphatic carbocycles. The molecule has 0 aromatic heterocycles. The number of likely N-dealkylation sites (tertiary alicyclic amines) is 1. The number of nitrogens with zero attached hydrogens (tertiary/aromatic N) is 1. The fourth-order valence-electron chi connectivity index (χ4n) is 2.01. The molecule has 15 heavy (non-hydrogen) atoms. The summed E-state index contributed by atoms with van der Waals surface area (Å²) in [6.07, 6.45) is -3.23. The first kappa shape index (κ1) is 12.3. The van der Waals surface area contributed by atoms with E-state index in [0.29, 0.717) is 25.8 Å². The zero-order valence-electron chi connectivity index (χ0n) is 8.81. The molecule has 5 heteroatoms. The Hall–Kier alpha value is -0.740. The SMILES string of the molecule is CCC(=O)N1CCC[C@H](CC(F)(F)F)C1. The van der Waals surface area contributed by atoms with Crippen LogP contribution in [0.15, 0.2) is 0 Å². The summed E-state index contributed by atoms with van der Waals surface area (Å²) in [6, 6.07) is 0. The number of hydrogen-bond donors (Lipinski definition) is 0. The van der Waals surface area contributed by atoms with Crippen LogP contribution in [-0.4, -0.2) is 30.1 Å². The Morgan fingerprint density at radius 1 is 1.47 bits per heavy atom. The molecule has 1 aliphatic rings. The fourth-order valence-corrected chi connectivity index (χ4v) is 2.01. The minimum Gasteiger partial charge on any atom is -0.342 e. The Balaban J connectivity index is 2.46. The quantitative estimate of drug-likeness (QED) is 0.704. The average Bonchev–Trinajstić information content (AvgIpc) is 2.14. The molecule has 1 rings (SSSR count). The van der Waals surface area contributed by atoms with Crippen LogP contribution >= 0.6 is 0 Å². The molecule has 0 spiro atoms. The molecule has 0 N–H and O–H groups in total. The van der Waals surface area contributed by atoms with Crippen LogP contribution in [0.3, 0.4) is 0 Å². The van der Waals surface area contributed by atoms with Gasteiger partial charge in [0, 0.05) is 25.9 Å². The third-order valence-electron chi connectivity index (χ3n) is 2.69. The second-order valence-corrected chi connectivity index (χ2v) is 4.02. The summed E-state index contributed by atoms with van der Waals surface area (Å²) in [4.78, 5) is 12.9. The average molecular weight is 223 g/mol. The van der Waals surface area contributed by atoms with Crippen molar-refractivity contribution in [3.63, 3.8) is 0 Å². The molecule has 1 aliphatic heterocycles. The van der Waals surface area contributed by atoms with Gasteiger partial charge in [-0.05, 0) is 18.8 Å². The fraction of sp³-hybridized carbons (Fsp3) is 0.900. The molecule has 0 aromatic rings. The summed E-state index contributed by atoms with van der Waals surface area (Å²) in [5, 5.41) is 0. The number of amides is 1. The van der Waals surface area contributed by atoms with E-state index in [2.05, 4.69) is 0 Å². The van der Waals surface area contributed by atoms with Crippen molar-refractivity contribution in [3.8, 4) is 0 Å². The lowest BCUT2D eigenvalue weighted by atomic mass is 9.94. The van der Waals surface area contributed by atoms with Crippen LogP contribution in [0.5, 0.6) is 0 Å². The van der Waals surface area contributed by atoms with Gasteiger partial charge in [0.2, 0.25) is 5.91 Å². The predicted octanol–water partition coefficient (Wildman–Crippen LogP) is 2.59. The molecule has 1 atom stereocenters. The van der Waals surface area contributed by atoms with Crippen LogP contribution in [-0.2, 0) is 4.79 Å². The molecule has 0 radical (unpaired) electrons. The van der Waals surface area contributed by atoms with E-state index in [4.69, 9.17) is 0 Å². The van der Waals surface area contributed by atoms with Gasteiger partial charge in [0.25, 0.3) is 0 Å². The summed E-state index contributed by atoms with van der Waals surface area (Å²) in [6.45, 7) is 2.61. The zero-order chi connectivity index (χ0) is 11.5. The smallest absolute Gasteiger partial charge is 0.342 e.